The van der Waals surface area contributed by atoms with Crippen LogP contribution in [0.1, 0.15) is 87.9 Å². The first-order valence-electron chi connectivity index (χ1n) is 11.3. The van der Waals surface area contributed by atoms with Gasteiger partial charge in [-0.25, -0.2) is 4.98 Å². The van der Waals surface area contributed by atoms with Crippen molar-refractivity contribution in [3.63, 3.8) is 0 Å². The fraction of sp³-hybridized carbons (Fsp3) is 0.640. The average Bonchev–Trinajstić information content (AvgIpc) is 2.71. The van der Waals surface area contributed by atoms with Gasteiger partial charge in [0.15, 0.2) is 0 Å². The summed E-state index contributed by atoms with van der Waals surface area (Å²) in [5.74, 6) is 2.83. The molecule has 2 aromatic heterocycles. The molecule has 5 heteroatoms. The number of ether oxygens (including phenoxy) is 1. The van der Waals surface area contributed by atoms with E-state index < -0.39 is 5.60 Å². The van der Waals surface area contributed by atoms with Gasteiger partial charge in [-0.2, -0.15) is 4.98 Å². The number of aliphatic hydroxyl groups is 1. The second kappa shape index (κ2) is 9.42. The van der Waals surface area contributed by atoms with Crippen molar-refractivity contribution in [3.05, 3.63) is 47.2 Å². The zero-order valence-electron chi connectivity index (χ0n) is 19.4. The highest BCUT2D eigenvalue weighted by Gasteiger charge is 2.33. The second-order valence-corrected chi connectivity index (χ2v) is 9.72. The molecule has 0 radical (unpaired) electrons. The van der Waals surface area contributed by atoms with E-state index in [1.807, 2.05) is 33.2 Å². The van der Waals surface area contributed by atoms with E-state index >= 15 is 0 Å². The van der Waals surface area contributed by atoms with Crippen molar-refractivity contribution in [1.29, 1.82) is 0 Å². The Morgan fingerprint density at radius 3 is 2.37 bits per heavy atom. The lowest BCUT2D eigenvalue weighted by Crippen LogP contribution is -2.33. The highest BCUT2D eigenvalue weighted by Crippen LogP contribution is 2.42. The summed E-state index contributed by atoms with van der Waals surface area (Å²) >= 11 is 0. The van der Waals surface area contributed by atoms with Crippen LogP contribution in [-0.2, 0) is 0 Å². The van der Waals surface area contributed by atoms with Crippen LogP contribution in [0.25, 0.3) is 0 Å². The molecule has 0 amide bonds. The summed E-state index contributed by atoms with van der Waals surface area (Å²) in [5.41, 5.74) is 2.78. The van der Waals surface area contributed by atoms with E-state index in [1.54, 1.807) is 0 Å². The number of hydrogen-bond donors (Lipinski definition) is 1. The van der Waals surface area contributed by atoms with Gasteiger partial charge in [-0.15, -0.1) is 0 Å². The Bertz CT molecular complexity index is 821. The largest absolute Gasteiger partial charge is 0.477 e. The first-order chi connectivity index (χ1) is 14.1. The number of aromatic nitrogens is 3. The predicted octanol–water partition coefficient (Wildman–Crippen LogP) is 5.35. The van der Waals surface area contributed by atoms with Crippen molar-refractivity contribution < 1.29 is 9.84 Å². The van der Waals surface area contributed by atoms with Crippen molar-refractivity contribution in [2.75, 3.05) is 6.61 Å². The third-order valence-electron chi connectivity index (χ3n) is 6.80. The van der Waals surface area contributed by atoms with Crippen LogP contribution in [0.3, 0.4) is 0 Å². The van der Waals surface area contributed by atoms with Crippen molar-refractivity contribution >= 4 is 0 Å². The molecule has 1 fully saturated rings. The number of pyridine rings is 1. The molecule has 0 aliphatic heterocycles. The number of nitrogens with zero attached hydrogens (tertiary/aromatic N) is 3. The Hall–Kier alpha value is -2.01. The molecular formula is C25H37N3O2. The fourth-order valence-corrected chi connectivity index (χ4v) is 4.36. The van der Waals surface area contributed by atoms with E-state index in [4.69, 9.17) is 4.74 Å². The topological polar surface area (TPSA) is 68.1 Å². The summed E-state index contributed by atoms with van der Waals surface area (Å²) in [7, 11) is 0. The lowest BCUT2D eigenvalue weighted by Gasteiger charge is -2.36. The number of rotatable bonds is 7. The minimum absolute atomic E-state index is 0.305. The van der Waals surface area contributed by atoms with E-state index in [0.717, 1.165) is 48.6 Å². The van der Waals surface area contributed by atoms with Gasteiger partial charge < -0.3 is 9.84 Å². The number of aryl methyl sites for hydroxylation is 2. The Morgan fingerprint density at radius 1 is 1.07 bits per heavy atom. The van der Waals surface area contributed by atoms with Gasteiger partial charge in [-0.1, -0.05) is 19.9 Å². The molecule has 164 valence electrons. The fourth-order valence-electron chi connectivity index (χ4n) is 4.36. The van der Waals surface area contributed by atoms with Gasteiger partial charge in [0, 0.05) is 29.6 Å². The molecule has 2 aromatic rings. The van der Waals surface area contributed by atoms with E-state index in [0.29, 0.717) is 30.3 Å². The summed E-state index contributed by atoms with van der Waals surface area (Å²) < 4.78 is 6.27. The smallest absolute Gasteiger partial charge is 0.220 e. The molecule has 5 nitrogen and oxygen atoms in total. The molecular weight excluding hydrogens is 374 g/mol. The van der Waals surface area contributed by atoms with Gasteiger partial charge in [0.1, 0.15) is 5.82 Å². The molecule has 0 aromatic carbocycles. The molecule has 1 unspecified atom stereocenters. The summed E-state index contributed by atoms with van der Waals surface area (Å²) in [6.45, 7) is 12.8. The van der Waals surface area contributed by atoms with E-state index in [9.17, 15) is 5.11 Å². The van der Waals surface area contributed by atoms with Crippen LogP contribution >= 0.6 is 0 Å². The molecule has 2 heterocycles. The predicted molar refractivity (Wildman–Crippen MR) is 120 cm³/mol. The van der Waals surface area contributed by atoms with Crippen molar-refractivity contribution in [2.45, 2.75) is 84.7 Å². The van der Waals surface area contributed by atoms with E-state index in [1.165, 1.54) is 5.56 Å². The molecule has 1 saturated carbocycles. The van der Waals surface area contributed by atoms with Crippen LogP contribution < -0.4 is 4.74 Å². The van der Waals surface area contributed by atoms with Gasteiger partial charge in [0.05, 0.1) is 12.2 Å². The SMILES string of the molecule is Cc1ccc([C@@H](C)C(C)COc2nc(C)ncc2C2CCC(C(C)(C)O)CC2)nc1. The summed E-state index contributed by atoms with van der Waals surface area (Å²) in [4.78, 5) is 13.7. The van der Waals surface area contributed by atoms with E-state index in [-0.39, 0.29) is 0 Å². The van der Waals surface area contributed by atoms with Gasteiger partial charge >= 0.3 is 0 Å². The van der Waals surface area contributed by atoms with Crippen molar-refractivity contribution in [3.8, 4) is 5.88 Å². The van der Waals surface area contributed by atoms with Crippen LogP contribution in [0.2, 0.25) is 0 Å². The summed E-state index contributed by atoms with van der Waals surface area (Å²) in [5, 5.41) is 10.3. The Labute approximate surface area is 181 Å². The Kier molecular flexibility index (Phi) is 7.12. The molecule has 0 spiro atoms. The Balaban J connectivity index is 1.66. The first-order valence-corrected chi connectivity index (χ1v) is 11.3. The van der Waals surface area contributed by atoms with Crippen molar-refractivity contribution in [2.24, 2.45) is 11.8 Å². The van der Waals surface area contributed by atoms with Crippen LogP contribution in [0.4, 0.5) is 0 Å². The average molecular weight is 412 g/mol. The standard InChI is InChI=1S/C25H37N3O2/c1-16-7-12-23(27-13-16)18(3)17(2)15-30-24-22(14-26-19(4)28-24)20-8-10-21(11-9-20)25(5,6)29/h7,12-14,17-18,20-21,29H,8-11,15H2,1-6H3/t17?,18-,20?,21?/m0/s1. The van der Waals surface area contributed by atoms with Crippen molar-refractivity contribution in [1.82, 2.24) is 15.0 Å². The first kappa shape index (κ1) is 22.7. The molecule has 1 N–H and O–H groups in total. The van der Waals surface area contributed by atoms with E-state index in [2.05, 4.69) is 47.9 Å². The van der Waals surface area contributed by atoms with Crippen LogP contribution in [-0.4, -0.2) is 32.3 Å². The lowest BCUT2D eigenvalue weighted by molar-refractivity contribution is -0.00169. The molecule has 2 atom stereocenters. The minimum atomic E-state index is -0.607. The molecule has 1 aliphatic rings. The molecule has 0 saturated heterocycles. The van der Waals surface area contributed by atoms with Crippen LogP contribution in [0.15, 0.2) is 24.5 Å². The van der Waals surface area contributed by atoms with Gasteiger partial charge in [-0.3, -0.25) is 4.98 Å². The van der Waals surface area contributed by atoms with Crippen LogP contribution in [0, 0.1) is 25.7 Å². The quantitative estimate of drug-likeness (QED) is 0.665. The normalized spacial score (nSPS) is 21.8. The maximum Gasteiger partial charge on any atom is 0.220 e. The highest BCUT2D eigenvalue weighted by molar-refractivity contribution is 5.28. The minimum Gasteiger partial charge on any atom is -0.477 e. The third kappa shape index (κ3) is 5.57. The highest BCUT2D eigenvalue weighted by atomic mass is 16.5. The lowest BCUT2D eigenvalue weighted by atomic mass is 9.73. The maximum atomic E-state index is 10.3. The number of hydrogen-bond acceptors (Lipinski definition) is 5. The zero-order valence-corrected chi connectivity index (χ0v) is 19.4. The second-order valence-electron chi connectivity index (χ2n) is 9.72. The molecule has 0 bridgehead atoms. The molecule has 1 aliphatic carbocycles. The third-order valence-corrected chi connectivity index (χ3v) is 6.80. The monoisotopic (exact) mass is 411 g/mol. The molecule has 3 rings (SSSR count). The van der Waals surface area contributed by atoms with Crippen LogP contribution in [0.5, 0.6) is 5.88 Å². The summed E-state index contributed by atoms with van der Waals surface area (Å²) in [6, 6.07) is 4.22. The Morgan fingerprint density at radius 2 is 1.77 bits per heavy atom. The van der Waals surface area contributed by atoms with Gasteiger partial charge in [0.25, 0.3) is 0 Å². The summed E-state index contributed by atoms with van der Waals surface area (Å²) in [6.07, 6.45) is 7.99. The maximum absolute atomic E-state index is 10.3. The van der Waals surface area contributed by atoms with Gasteiger partial charge in [0.2, 0.25) is 5.88 Å². The molecule has 30 heavy (non-hydrogen) atoms. The zero-order chi connectivity index (χ0) is 21.9. The van der Waals surface area contributed by atoms with Gasteiger partial charge in [-0.05, 0) is 82.8 Å².